The SMILES string of the molecule is COc1ccc(F)cc1C(C)(C)C[C@H](CNc1cc(C)cc2c1cnn2-c1cccc(C(=O)N2CCC[C@@H]2C(N)=O)c1)C(F)(F)F. The van der Waals surface area contributed by atoms with Crippen molar-refractivity contribution >= 4 is 28.4 Å². The number of anilines is 1. The number of aromatic nitrogens is 2. The van der Waals surface area contributed by atoms with Gasteiger partial charge in [0.25, 0.3) is 5.91 Å². The molecule has 244 valence electrons. The van der Waals surface area contributed by atoms with E-state index in [0.717, 1.165) is 5.56 Å². The van der Waals surface area contributed by atoms with Gasteiger partial charge >= 0.3 is 6.18 Å². The molecular formula is C34H37F4N5O3. The summed E-state index contributed by atoms with van der Waals surface area (Å²) in [5.41, 5.74) is 7.66. The zero-order chi connectivity index (χ0) is 33.4. The normalized spacial score (nSPS) is 16.1. The number of ether oxygens (including phenoxy) is 1. The Morgan fingerprint density at radius 2 is 1.89 bits per heavy atom. The highest BCUT2D eigenvalue weighted by Gasteiger charge is 2.43. The van der Waals surface area contributed by atoms with Gasteiger partial charge in [0.1, 0.15) is 17.6 Å². The van der Waals surface area contributed by atoms with Crippen LogP contribution in [0.1, 0.15) is 54.6 Å². The van der Waals surface area contributed by atoms with Gasteiger partial charge in [0.2, 0.25) is 5.91 Å². The summed E-state index contributed by atoms with van der Waals surface area (Å²) in [6.45, 7) is 5.14. The topological polar surface area (TPSA) is 102 Å². The third-order valence-electron chi connectivity index (χ3n) is 8.66. The zero-order valence-corrected chi connectivity index (χ0v) is 26.1. The number of nitrogens with zero attached hydrogens (tertiary/aromatic N) is 3. The number of halogens is 4. The second-order valence-corrected chi connectivity index (χ2v) is 12.5. The van der Waals surface area contributed by atoms with E-state index in [1.807, 2.05) is 13.0 Å². The summed E-state index contributed by atoms with van der Waals surface area (Å²) in [5, 5.41) is 8.13. The molecule has 8 nitrogen and oxygen atoms in total. The summed E-state index contributed by atoms with van der Waals surface area (Å²) in [5.74, 6) is -2.84. The largest absolute Gasteiger partial charge is 0.496 e. The van der Waals surface area contributed by atoms with Gasteiger partial charge in [-0.25, -0.2) is 9.07 Å². The summed E-state index contributed by atoms with van der Waals surface area (Å²) >= 11 is 0. The van der Waals surface area contributed by atoms with E-state index in [1.54, 1.807) is 55.1 Å². The Morgan fingerprint density at radius 1 is 1.13 bits per heavy atom. The van der Waals surface area contributed by atoms with Crippen LogP contribution < -0.4 is 15.8 Å². The summed E-state index contributed by atoms with van der Waals surface area (Å²) in [4.78, 5) is 26.6. The number of amides is 2. The number of hydrogen-bond acceptors (Lipinski definition) is 5. The lowest BCUT2D eigenvalue weighted by molar-refractivity contribution is -0.175. The molecule has 1 aromatic heterocycles. The van der Waals surface area contributed by atoms with E-state index in [9.17, 15) is 27.2 Å². The Morgan fingerprint density at radius 3 is 2.59 bits per heavy atom. The van der Waals surface area contributed by atoms with E-state index in [0.29, 0.717) is 58.5 Å². The molecule has 46 heavy (non-hydrogen) atoms. The van der Waals surface area contributed by atoms with Crippen molar-refractivity contribution in [3.63, 3.8) is 0 Å². The van der Waals surface area contributed by atoms with Gasteiger partial charge in [-0.2, -0.15) is 18.3 Å². The Hall–Kier alpha value is -4.61. The lowest BCUT2D eigenvalue weighted by atomic mass is 9.76. The van der Waals surface area contributed by atoms with Crippen LogP contribution in [0, 0.1) is 18.7 Å². The number of rotatable bonds is 10. The average molecular weight is 640 g/mol. The molecule has 0 unspecified atom stereocenters. The number of carbonyl (C=O) groups is 2. The highest BCUT2D eigenvalue weighted by atomic mass is 19.4. The van der Waals surface area contributed by atoms with Crippen LogP contribution in [0.5, 0.6) is 5.75 Å². The van der Waals surface area contributed by atoms with Gasteiger partial charge in [-0.3, -0.25) is 9.59 Å². The summed E-state index contributed by atoms with van der Waals surface area (Å²) in [6.07, 6.45) is -2.08. The lowest BCUT2D eigenvalue weighted by Gasteiger charge is -2.33. The van der Waals surface area contributed by atoms with Crippen molar-refractivity contribution in [3.8, 4) is 11.4 Å². The molecule has 0 saturated carbocycles. The molecule has 2 atom stereocenters. The van der Waals surface area contributed by atoms with Gasteiger partial charge in [-0.15, -0.1) is 0 Å². The van der Waals surface area contributed by atoms with Gasteiger partial charge < -0.3 is 20.7 Å². The van der Waals surface area contributed by atoms with Crippen molar-refractivity contribution in [3.05, 3.63) is 83.3 Å². The maximum Gasteiger partial charge on any atom is 0.393 e. The van der Waals surface area contributed by atoms with E-state index < -0.39 is 41.8 Å². The minimum atomic E-state index is -4.53. The van der Waals surface area contributed by atoms with E-state index in [2.05, 4.69) is 10.4 Å². The highest BCUT2D eigenvalue weighted by molar-refractivity contribution is 5.98. The maximum absolute atomic E-state index is 14.4. The van der Waals surface area contributed by atoms with Crippen LogP contribution in [0.15, 0.2) is 60.8 Å². The Kier molecular flexibility index (Phi) is 9.01. The number of alkyl halides is 3. The summed E-state index contributed by atoms with van der Waals surface area (Å²) in [6, 6.07) is 13.6. The van der Waals surface area contributed by atoms with Crippen LogP contribution in [0.3, 0.4) is 0 Å². The Balaban J connectivity index is 1.41. The number of nitrogens with two attached hydrogens (primary N) is 1. The van der Waals surface area contributed by atoms with Crippen molar-refractivity contribution in [2.75, 3.05) is 25.5 Å². The average Bonchev–Trinajstić information content (AvgIpc) is 3.66. The molecule has 3 aromatic carbocycles. The van der Waals surface area contributed by atoms with Crippen molar-refractivity contribution in [2.24, 2.45) is 11.7 Å². The van der Waals surface area contributed by atoms with E-state index in [4.69, 9.17) is 10.5 Å². The van der Waals surface area contributed by atoms with Gasteiger partial charge in [-0.05, 0) is 85.7 Å². The minimum absolute atomic E-state index is 0.310. The first kappa shape index (κ1) is 32.8. The molecule has 0 aliphatic carbocycles. The molecule has 1 aliphatic rings. The molecule has 1 fully saturated rings. The molecule has 3 N–H and O–H groups in total. The van der Waals surface area contributed by atoms with Crippen LogP contribution in [0.4, 0.5) is 23.2 Å². The standard InChI is InChI=1S/C34H37F4N5O3/c1-20-13-27(40-18-22(34(36,37)38)17-33(2,3)26-16-23(35)10-11-30(26)46-4)25-19-41-43(29(25)14-20)24-8-5-7-21(15-24)32(45)42-12-6-9-28(42)31(39)44/h5,7-8,10-11,13-16,19,22,28,40H,6,9,12,17-18H2,1-4H3,(H2,39,44)/t22-,28-/m1/s1. The van der Waals surface area contributed by atoms with Gasteiger partial charge in [0.15, 0.2) is 0 Å². The molecule has 0 radical (unpaired) electrons. The number of fused-ring (bicyclic) bond motifs is 1. The fraction of sp³-hybridized carbons (Fsp3) is 0.382. The second kappa shape index (κ2) is 12.6. The number of nitrogens with one attached hydrogen (secondary N) is 1. The number of carbonyl (C=O) groups excluding carboxylic acids is 2. The molecule has 2 heterocycles. The lowest BCUT2D eigenvalue weighted by Crippen LogP contribution is -2.43. The molecule has 0 bridgehead atoms. The van der Waals surface area contributed by atoms with Crippen molar-refractivity contribution in [1.29, 1.82) is 0 Å². The van der Waals surface area contributed by atoms with Crippen LogP contribution in [-0.4, -0.2) is 58.9 Å². The molecule has 5 rings (SSSR count). The third-order valence-corrected chi connectivity index (χ3v) is 8.66. The first-order chi connectivity index (χ1) is 21.7. The number of hydrogen-bond donors (Lipinski definition) is 2. The predicted molar refractivity (Wildman–Crippen MR) is 168 cm³/mol. The number of likely N-dealkylation sites (tertiary alicyclic amines) is 1. The van der Waals surface area contributed by atoms with Crippen molar-refractivity contribution in [2.45, 2.75) is 57.7 Å². The quantitative estimate of drug-likeness (QED) is 0.192. The van der Waals surface area contributed by atoms with E-state index in [-0.39, 0.29) is 12.3 Å². The molecule has 0 spiro atoms. The highest BCUT2D eigenvalue weighted by Crippen LogP contribution is 2.42. The van der Waals surface area contributed by atoms with Gasteiger partial charge in [-0.1, -0.05) is 19.9 Å². The molecule has 4 aromatic rings. The third kappa shape index (κ3) is 6.66. The first-order valence-corrected chi connectivity index (χ1v) is 15.0. The molecule has 12 heteroatoms. The second-order valence-electron chi connectivity index (χ2n) is 12.5. The summed E-state index contributed by atoms with van der Waals surface area (Å²) < 4.78 is 64.3. The first-order valence-electron chi connectivity index (χ1n) is 15.0. The Labute approximate surface area is 264 Å². The van der Waals surface area contributed by atoms with Crippen LogP contribution in [0.25, 0.3) is 16.6 Å². The zero-order valence-electron chi connectivity index (χ0n) is 26.1. The molecule has 1 saturated heterocycles. The molecular weight excluding hydrogens is 602 g/mol. The number of aryl methyl sites for hydroxylation is 1. The smallest absolute Gasteiger partial charge is 0.393 e. The molecule has 1 aliphatic heterocycles. The van der Waals surface area contributed by atoms with E-state index in [1.165, 1.54) is 30.2 Å². The Bertz CT molecular complexity index is 1770. The van der Waals surface area contributed by atoms with Crippen molar-refractivity contribution in [1.82, 2.24) is 14.7 Å². The van der Waals surface area contributed by atoms with Gasteiger partial charge in [0.05, 0.1) is 30.4 Å². The minimum Gasteiger partial charge on any atom is -0.496 e. The van der Waals surface area contributed by atoms with Gasteiger partial charge in [0, 0.05) is 35.3 Å². The molecule has 2 amide bonds. The number of methoxy groups -OCH3 is 1. The fourth-order valence-electron chi connectivity index (χ4n) is 6.33. The van der Waals surface area contributed by atoms with Crippen molar-refractivity contribution < 1.29 is 31.9 Å². The van der Waals surface area contributed by atoms with E-state index >= 15 is 0 Å². The van der Waals surface area contributed by atoms with Crippen LogP contribution in [-0.2, 0) is 10.2 Å². The summed E-state index contributed by atoms with van der Waals surface area (Å²) in [7, 11) is 1.40. The maximum atomic E-state index is 14.4. The monoisotopic (exact) mass is 639 g/mol. The fourth-order valence-corrected chi connectivity index (χ4v) is 6.33. The van der Waals surface area contributed by atoms with Crippen LogP contribution in [0.2, 0.25) is 0 Å². The van der Waals surface area contributed by atoms with Crippen LogP contribution >= 0.6 is 0 Å². The number of primary amides is 1. The number of benzene rings is 3. The predicted octanol–water partition coefficient (Wildman–Crippen LogP) is 6.53.